The smallest absolute Gasteiger partial charge is 0.354 e. The van der Waals surface area contributed by atoms with E-state index in [0.29, 0.717) is 17.3 Å². The summed E-state index contributed by atoms with van der Waals surface area (Å²) in [4.78, 5) is 14.0. The Morgan fingerprint density at radius 2 is 1.79 bits per heavy atom. The van der Waals surface area contributed by atoms with Gasteiger partial charge in [0.05, 0.1) is 6.61 Å². The lowest BCUT2D eigenvalue weighted by Crippen LogP contribution is -2.28. The van der Waals surface area contributed by atoms with E-state index in [4.69, 9.17) is 16.3 Å². The lowest BCUT2D eigenvalue weighted by atomic mass is 10.2. The number of esters is 1. The van der Waals surface area contributed by atoms with Crippen molar-refractivity contribution in [1.82, 2.24) is 4.90 Å². The van der Waals surface area contributed by atoms with Gasteiger partial charge in [-0.15, -0.1) is 0 Å². The molecular formula is C15H20ClNO2. The molecular weight excluding hydrogens is 262 g/mol. The lowest BCUT2D eigenvalue weighted by Gasteiger charge is -2.22. The average molecular weight is 282 g/mol. The first-order valence-electron chi connectivity index (χ1n) is 6.51. The number of benzene rings is 1. The van der Waals surface area contributed by atoms with Crippen LogP contribution in [-0.2, 0) is 9.53 Å². The van der Waals surface area contributed by atoms with Crippen LogP contribution in [0, 0.1) is 0 Å². The standard InChI is InChI=1S/C15H20ClNO2/c1-4-17(5-2)14(15(18)19-6-3)11-12-7-9-13(16)10-8-12/h7-11H,4-6H2,1-3H3/b14-11+. The Bertz CT molecular complexity index is 436. The Kier molecular flexibility index (Phi) is 6.43. The summed E-state index contributed by atoms with van der Waals surface area (Å²) in [5, 5.41) is 0.678. The molecule has 0 aliphatic heterocycles. The van der Waals surface area contributed by atoms with Crippen molar-refractivity contribution in [3.05, 3.63) is 40.5 Å². The molecule has 0 spiro atoms. The van der Waals surface area contributed by atoms with Gasteiger partial charge in [-0.1, -0.05) is 23.7 Å². The number of carbonyl (C=O) groups excluding carboxylic acids is 1. The second-order valence-corrected chi connectivity index (χ2v) is 4.41. The molecule has 0 atom stereocenters. The first kappa shape index (κ1) is 15.6. The van der Waals surface area contributed by atoms with Gasteiger partial charge >= 0.3 is 5.97 Å². The second kappa shape index (κ2) is 7.85. The highest BCUT2D eigenvalue weighted by Crippen LogP contribution is 2.15. The maximum atomic E-state index is 12.0. The van der Waals surface area contributed by atoms with Crippen molar-refractivity contribution in [3.8, 4) is 0 Å². The van der Waals surface area contributed by atoms with Gasteiger partial charge in [-0.05, 0) is 44.5 Å². The molecule has 1 aromatic carbocycles. The molecule has 3 nitrogen and oxygen atoms in total. The van der Waals surface area contributed by atoms with Crippen molar-refractivity contribution in [1.29, 1.82) is 0 Å². The molecule has 104 valence electrons. The molecule has 4 heteroatoms. The largest absolute Gasteiger partial charge is 0.461 e. The van der Waals surface area contributed by atoms with Crippen molar-refractivity contribution in [2.75, 3.05) is 19.7 Å². The molecule has 0 saturated heterocycles. The fourth-order valence-corrected chi connectivity index (χ4v) is 1.89. The zero-order chi connectivity index (χ0) is 14.3. The molecule has 0 amide bonds. The molecule has 0 saturated carbocycles. The Labute approximate surface area is 119 Å². The molecule has 0 bridgehead atoms. The molecule has 0 N–H and O–H groups in total. The number of halogens is 1. The van der Waals surface area contributed by atoms with E-state index in [-0.39, 0.29) is 5.97 Å². The van der Waals surface area contributed by atoms with Crippen molar-refractivity contribution in [3.63, 3.8) is 0 Å². The highest BCUT2D eigenvalue weighted by Gasteiger charge is 2.16. The van der Waals surface area contributed by atoms with Gasteiger partial charge in [-0.3, -0.25) is 0 Å². The molecule has 0 aromatic heterocycles. The monoisotopic (exact) mass is 281 g/mol. The fourth-order valence-electron chi connectivity index (χ4n) is 1.77. The molecule has 1 rings (SSSR count). The minimum absolute atomic E-state index is 0.291. The quantitative estimate of drug-likeness (QED) is 0.589. The van der Waals surface area contributed by atoms with Crippen LogP contribution in [0.1, 0.15) is 26.3 Å². The van der Waals surface area contributed by atoms with Crippen LogP contribution in [0.5, 0.6) is 0 Å². The third kappa shape index (κ3) is 4.60. The highest BCUT2D eigenvalue weighted by atomic mass is 35.5. The summed E-state index contributed by atoms with van der Waals surface area (Å²) in [6.45, 7) is 7.72. The van der Waals surface area contributed by atoms with E-state index in [1.807, 2.05) is 37.0 Å². The van der Waals surface area contributed by atoms with Gasteiger partial charge in [0.1, 0.15) is 5.70 Å². The van der Waals surface area contributed by atoms with Crippen LogP contribution in [0.3, 0.4) is 0 Å². The molecule has 0 radical (unpaired) electrons. The first-order chi connectivity index (χ1) is 9.12. The zero-order valence-corrected chi connectivity index (χ0v) is 12.4. The van der Waals surface area contributed by atoms with Gasteiger partial charge in [-0.25, -0.2) is 4.79 Å². The summed E-state index contributed by atoms with van der Waals surface area (Å²) < 4.78 is 5.11. The summed E-state index contributed by atoms with van der Waals surface area (Å²) in [6, 6.07) is 7.37. The van der Waals surface area contributed by atoms with E-state index in [9.17, 15) is 4.79 Å². The SMILES string of the molecule is CCOC(=O)/C(=C\c1ccc(Cl)cc1)N(CC)CC. The number of ether oxygens (including phenoxy) is 1. The Hall–Kier alpha value is -1.48. The topological polar surface area (TPSA) is 29.5 Å². The summed E-state index contributed by atoms with van der Waals surface area (Å²) >= 11 is 5.85. The van der Waals surface area contributed by atoms with Crippen molar-refractivity contribution >= 4 is 23.6 Å². The van der Waals surface area contributed by atoms with Gasteiger partial charge in [0.25, 0.3) is 0 Å². The molecule has 0 fully saturated rings. The molecule has 0 aliphatic rings. The predicted molar refractivity (Wildman–Crippen MR) is 79.0 cm³/mol. The van der Waals surface area contributed by atoms with Crippen LogP contribution < -0.4 is 0 Å². The highest BCUT2D eigenvalue weighted by molar-refractivity contribution is 6.30. The predicted octanol–water partition coefficient (Wildman–Crippen LogP) is 3.59. The third-order valence-electron chi connectivity index (χ3n) is 2.76. The van der Waals surface area contributed by atoms with Gasteiger partial charge in [0.2, 0.25) is 0 Å². The van der Waals surface area contributed by atoms with Gasteiger partial charge < -0.3 is 9.64 Å². The van der Waals surface area contributed by atoms with Crippen LogP contribution in [0.4, 0.5) is 0 Å². The second-order valence-electron chi connectivity index (χ2n) is 3.97. The number of likely N-dealkylation sites (N-methyl/N-ethyl adjacent to an activating group) is 1. The maximum Gasteiger partial charge on any atom is 0.354 e. The third-order valence-corrected chi connectivity index (χ3v) is 3.01. The van der Waals surface area contributed by atoms with E-state index >= 15 is 0 Å². The van der Waals surface area contributed by atoms with Crippen LogP contribution in [0.2, 0.25) is 5.02 Å². The minimum Gasteiger partial charge on any atom is -0.461 e. The first-order valence-corrected chi connectivity index (χ1v) is 6.89. The Balaban J connectivity index is 3.07. The number of hydrogen-bond acceptors (Lipinski definition) is 3. The van der Waals surface area contributed by atoms with Crippen LogP contribution in [0.15, 0.2) is 30.0 Å². The van der Waals surface area contributed by atoms with E-state index in [1.165, 1.54) is 0 Å². The fraction of sp³-hybridized carbons (Fsp3) is 0.400. The van der Waals surface area contributed by atoms with Gasteiger partial charge in [0.15, 0.2) is 0 Å². The summed E-state index contributed by atoms with van der Waals surface area (Å²) in [5.41, 5.74) is 1.51. The molecule has 0 aliphatic carbocycles. The van der Waals surface area contributed by atoms with E-state index in [1.54, 1.807) is 19.1 Å². The van der Waals surface area contributed by atoms with E-state index in [0.717, 1.165) is 18.7 Å². The molecule has 19 heavy (non-hydrogen) atoms. The lowest BCUT2D eigenvalue weighted by molar-refractivity contribution is -0.140. The summed E-state index contributed by atoms with van der Waals surface area (Å²) in [7, 11) is 0. The number of nitrogens with zero attached hydrogens (tertiary/aromatic N) is 1. The summed E-state index contributed by atoms with van der Waals surface area (Å²) in [6.07, 6.45) is 1.83. The van der Waals surface area contributed by atoms with Crippen molar-refractivity contribution in [2.24, 2.45) is 0 Å². The van der Waals surface area contributed by atoms with Crippen LogP contribution in [0.25, 0.3) is 6.08 Å². The molecule has 1 aromatic rings. The van der Waals surface area contributed by atoms with Crippen molar-refractivity contribution in [2.45, 2.75) is 20.8 Å². The molecule has 0 heterocycles. The van der Waals surface area contributed by atoms with Gasteiger partial charge in [-0.2, -0.15) is 0 Å². The zero-order valence-electron chi connectivity index (χ0n) is 11.6. The van der Waals surface area contributed by atoms with Crippen LogP contribution in [-0.4, -0.2) is 30.6 Å². The van der Waals surface area contributed by atoms with Crippen LogP contribution >= 0.6 is 11.6 Å². The Morgan fingerprint density at radius 1 is 1.21 bits per heavy atom. The normalized spacial score (nSPS) is 11.3. The number of hydrogen-bond donors (Lipinski definition) is 0. The number of rotatable bonds is 6. The summed E-state index contributed by atoms with van der Waals surface area (Å²) in [5.74, 6) is -0.291. The number of carbonyl (C=O) groups is 1. The van der Waals surface area contributed by atoms with Gasteiger partial charge in [0, 0.05) is 18.1 Å². The minimum atomic E-state index is -0.291. The Morgan fingerprint density at radius 3 is 2.26 bits per heavy atom. The van der Waals surface area contributed by atoms with E-state index in [2.05, 4.69) is 0 Å². The molecule has 0 unspecified atom stereocenters. The van der Waals surface area contributed by atoms with E-state index < -0.39 is 0 Å². The maximum absolute atomic E-state index is 12.0. The van der Waals surface area contributed by atoms with Crippen molar-refractivity contribution < 1.29 is 9.53 Å². The average Bonchev–Trinajstić information content (AvgIpc) is 2.41.